The van der Waals surface area contributed by atoms with Gasteiger partial charge in [0.1, 0.15) is 48.6 Å². The molecule has 0 N–H and O–H groups in total. The Bertz CT molecular complexity index is 2090. The number of rotatable bonds is 10. The second-order valence-electron chi connectivity index (χ2n) is 12.0. The highest BCUT2D eigenvalue weighted by Gasteiger charge is 2.24. The van der Waals surface area contributed by atoms with Gasteiger partial charge in [0.25, 0.3) is 11.1 Å². The second kappa shape index (κ2) is 11.8. The minimum absolute atomic E-state index is 0.146. The van der Waals surface area contributed by atoms with Gasteiger partial charge in [0, 0.05) is 0 Å². The molecule has 0 aliphatic carbocycles. The van der Waals surface area contributed by atoms with Gasteiger partial charge in [-0.2, -0.15) is 0 Å². The number of ether oxygens (including phenoxy) is 4. The smallest absolute Gasteiger partial charge is 0.265 e. The standard InChI is InChI=1S/C37H32N4O6/c1-22-38-34-13-3-24(16-32(34)36(42)40(22)26-5-9-28(10-6-26)44-18-30-20-46-30)15-25-4-14-35-33(17-25)37(43)41(23(2)39-35)27-7-11-29(12-8-27)45-19-31-21-47-31/h3-14,16-17,30-31H,15,18-21H2,1-2H3. The number of hydrogen-bond acceptors (Lipinski definition) is 8. The Morgan fingerprint density at radius 3 is 1.43 bits per heavy atom. The van der Waals surface area contributed by atoms with E-state index in [1.807, 2.05) is 98.8 Å². The van der Waals surface area contributed by atoms with E-state index in [0.717, 1.165) is 35.8 Å². The molecule has 6 aromatic rings. The van der Waals surface area contributed by atoms with Crippen molar-refractivity contribution < 1.29 is 18.9 Å². The van der Waals surface area contributed by atoms with Gasteiger partial charge in [0.15, 0.2) is 0 Å². The van der Waals surface area contributed by atoms with Gasteiger partial charge in [0.2, 0.25) is 0 Å². The Balaban J connectivity index is 1.08. The number of aryl methyl sites for hydroxylation is 2. The van der Waals surface area contributed by atoms with Crippen molar-refractivity contribution in [1.29, 1.82) is 0 Å². The lowest BCUT2D eigenvalue weighted by molar-refractivity contribution is 0.263. The molecule has 0 amide bonds. The third-order valence-electron chi connectivity index (χ3n) is 8.48. The average Bonchev–Trinajstić information content (AvgIpc) is 4.01. The van der Waals surface area contributed by atoms with Crippen LogP contribution in [0.2, 0.25) is 0 Å². The second-order valence-corrected chi connectivity index (χ2v) is 12.0. The number of fused-ring (bicyclic) bond motifs is 2. The van der Waals surface area contributed by atoms with Crippen molar-refractivity contribution in [2.24, 2.45) is 0 Å². The summed E-state index contributed by atoms with van der Waals surface area (Å²) in [6.45, 7) is 6.16. The molecule has 2 saturated heterocycles. The predicted octanol–water partition coefficient (Wildman–Crippen LogP) is 4.85. The van der Waals surface area contributed by atoms with Gasteiger partial charge in [-0.1, -0.05) is 12.1 Å². The number of aromatic nitrogens is 4. The third-order valence-corrected chi connectivity index (χ3v) is 8.48. The first-order valence-corrected chi connectivity index (χ1v) is 15.6. The molecule has 2 aliphatic rings. The molecule has 47 heavy (non-hydrogen) atoms. The van der Waals surface area contributed by atoms with Crippen molar-refractivity contribution in [3.8, 4) is 22.9 Å². The summed E-state index contributed by atoms with van der Waals surface area (Å²) >= 11 is 0. The maximum Gasteiger partial charge on any atom is 0.265 e. The average molecular weight is 629 g/mol. The highest BCUT2D eigenvalue weighted by atomic mass is 16.6. The Labute approximate surface area is 269 Å². The normalized spacial score (nSPS) is 16.8. The van der Waals surface area contributed by atoms with Crippen LogP contribution < -0.4 is 20.6 Å². The van der Waals surface area contributed by atoms with Crippen LogP contribution >= 0.6 is 0 Å². The first-order valence-electron chi connectivity index (χ1n) is 15.6. The van der Waals surface area contributed by atoms with Crippen molar-refractivity contribution in [2.45, 2.75) is 32.5 Å². The molecule has 2 fully saturated rings. The van der Waals surface area contributed by atoms with E-state index in [1.54, 1.807) is 9.13 Å². The SMILES string of the molecule is Cc1nc2ccc(Cc3ccc4nc(C)n(-c5ccc(OCC6CO6)cc5)c(=O)c4c3)cc2c(=O)n1-c1ccc(OCC2CO2)cc1. The molecule has 0 saturated carbocycles. The lowest BCUT2D eigenvalue weighted by Gasteiger charge is -2.13. The Morgan fingerprint density at radius 1 is 0.638 bits per heavy atom. The molecule has 0 bridgehead atoms. The fourth-order valence-electron chi connectivity index (χ4n) is 5.84. The minimum Gasteiger partial charge on any atom is -0.491 e. The van der Waals surface area contributed by atoms with Crippen LogP contribution in [-0.4, -0.2) is 57.7 Å². The van der Waals surface area contributed by atoms with Crippen LogP contribution in [-0.2, 0) is 15.9 Å². The Hall–Kier alpha value is -5.32. The first kappa shape index (κ1) is 29.1. The van der Waals surface area contributed by atoms with Gasteiger partial charge < -0.3 is 18.9 Å². The molecule has 4 heterocycles. The van der Waals surface area contributed by atoms with Crippen LogP contribution in [0, 0.1) is 13.8 Å². The fourth-order valence-corrected chi connectivity index (χ4v) is 5.84. The maximum absolute atomic E-state index is 13.8. The zero-order chi connectivity index (χ0) is 32.1. The van der Waals surface area contributed by atoms with E-state index in [2.05, 4.69) is 0 Å². The van der Waals surface area contributed by atoms with E-state index >= 15 is 0 Å². The number of epoxide rings is 2. The molecule has 0 spiro atoms. The predicted molar refractivity (Wildman–Crippen MR) is 177 cm³/mol. The summed E-state index contributed by atoms with van der Waals surface area (Å²) in [7, 11) is 0. The van der Waals surface area contributed by atoms with Gasteiger partial charge in [-0.25, -0.2) is 9.97 Å². The number of nitrogens with zero attached hydrogens (tertiary/aromatic N) is 4. The molecular weight excluding hydrogens is 596 g/mol. The van der Waals surface area contributed by atoms with Gasteiger partial charge in [0.05, 0.1) is 46.4 Å². The Morgan fingerprint density at radius 2 is 1.04 bits per heavy atom. The summed E-state index contributed by atoms with van der Waals surface area (Å²) in [6.07, 6.45) is 0.869. The first-order chi connectivity index (χ1) is 22.9. The van der Waals surface area contributed by atoms with Crippen molar-refractivity contribution in [2.75, 3.05) is 26.4 Å². The molecule has 0 radical (unpaired) electrons. The summed E-state index contributed by atoms with van der Waals surface area (Å²) in [5.41, 5.74) is 4.28. The summed E-state index contributed by atoms with van der Waals surface area (Å²) in [5.74, 6) is 2.64. The van der Waals surface area contributed by atoms with Crippen LogP contribution in [0.5, 0.6) is 11.5 Å². The monoisotopic (exact) mass is 628 g/mol. The van der Waals surface area contributed by atoms with E-state index in [9.17, 15) is 9.59 Å². The zero-order valence-corrected chi connectivity index (χ0v) is 26.0. The van der Waals surface area contributed by atoms with Crippen molar-refractivity contribution in [3.05, 3.63) is 128 Å². The van der Waals surface area contributed by atoms with Crippen molar-refractivity contribution in [3.63, 3.8) is 0 Å². The van der Waals surface area contributed by atoms with Gasteiger partial charge in [-0.15, -0.1) is 0 Å². The quantitative estimate of drug-likeness (QED) is 0.198. The van der Waals surface area contributed by atoms with Crippen LogP contribution in [0.4, 0.5) is 0 Å². The largest absolute Gasteiger partial charge is 0.491 e. The molecule has 2 atom stereocenters. The lowest BCUT2D eigenvalue weighted by atomic mass is 10.0. The number of benzene rings is 4. The molecule has 2 unspecified atom stereocenters. The molecule has 10 nitrogen and oxygen atoms in total. The zero-order valence-electron chi connectivity index (χ0n) is 26.0. The minimum atomic E-state index is -0.146. The molecule has 4 aromatic carbocycles. The van der Waals surface area contributed by atoms with E-state index in [4.69, 9.17) is 28.9 Å². The molecule has 2 aliphatic heterocycles. The highest BCUT2D eigenvalue weighted by molar-refractivity contribution is 5.80. The summed E-state index contributed by atoms with van der Waals surface area (Å²) < 4.78 is 25.2. The maximum atomic E-state index is 13.8. The Kier molecular flexibility index (Phi) is 7.31. The highest BCUT2D eigenvalue weighted by Crippen LogP contribution is 2.23. The summed E-state index contributed by atoms with van der Waals surface area (Å²) in [6, 6.07) is 26.3. The van der Waals surface area contributed by atoms with Crippen LogP contribution in [0.1, 0.15) is 22.8 Å². The van der Waals surface area contributed by atoms with Crippen LogP contribution in [0.15, 0.2) is 94.5 Å². The summed E-state index contributed by atoms with van der Waals surface area (Å²) in [4.78, 5) is 37.0. The van der Waals surface area contributed by atoms with Crippen molar-refractivity contribution in [1.82, 2.24) is 19.1 Å². The van der Waals surface area contributed by atoms with Gasteiger partial charge in [-0.3, -0.25) is 18.7 Å². The van der Waals surface area contributed by atoms with Crippen molar-refractivity contribution >= 4 is 21.8 Å². The van der Waals surface area contributed by atoms with Gasteiger partial charge in [-0.05, 0) is 104 Å². The summed E-state index contributed by atoms with van der Waals surface area (Å²) in [5, 5.41) is 1.05. The molecule has 236 valence electrons. The molecule has 8 rings (SSSR count). The van der Waals surface area contributed by atoms with E-state index in [-0.39, 0.29) is 23.3 Å². The van der Waals surface area contributed by atoms with E-state index in [0.29, 0.717) is 64.5 Å². The van der Waals surface area contributed by atoms with E-state index < -0.39 is 0 Å². The fraction of sp³-hybridized carbons (Fsp3) is 0.243. The molecular formula is C37H32N4O6. The van der Waals surface area contributed by atoms with Crippen LogP contribution in [0.3, 0.4) is 0 Å². The molecule has 10 heteroatoms. The third kappa shape index (κ3) is 6.00. The van der Waals surface area contributed by atoms with Crippen LogP contribution in [0.25, 0.3) is 33.2 Å². The topological polar surface area (TPSA) is 113 Å². The van der Waals surface area contributed by atoms with Gasteiger partial charge >= 0.3 is 0 Å². The lowest BCUT2D eigenvalue weighted by Crippen LogP contribution is -2.22. The molecule has 2 aromatic heterocycles. The van der Waals surface area contributed by atoms with E-state index in [1.165, 1.54) is 0 Å². The number of hydrogen-bond donors (Lipinski definition) is 0.